The van der Waals surface area contributed by atoms with Crippen LogP contribution in [0.1, 0.15) is 13.8 Å². The molecule has 1 aliphatic heterocycles. The summed E-state index contributed by atoms with van der Waals surface area (Å²) in [7, 11) is 0. The number of aliphatic hydroxyl groups is 1. The van der Waals surface area contributed by atoms with Crippen molar-refractivity contribution in [3.05, 3.63) is 35.8 Å². The van der Waals surface area contributed by atoms with E-state index in [0.717, 1.165) is 5.70 Å². The fourth-order valence-electron chi connectivity index (χ4n) is 1.32. The summed E-state index contributed by atoms with van der Waals surface area (Å²) in [5, 5.41) is 11.9. The first-order valence-corrected chi connectivity index (χ1v) is 4.31. The van der Waals surface area contributed by atoms with Crippen LogP contribution in [0.15, 0.2) is 35.8 Å². The first kappa shape index (κ1) is 8.38. The maximum Gasteiger partial charge on any atom is 0.279 e. The number of nitrogens with one attached hydrogen (secondary N) is 1. The summed E-state index contributed by atoms with van der Waals surface area (Å²) in [6.07, 6.45) is 7.04. The summed E-state index contributed by atoms with van der Waals surface area (Å²) in [6, 6.07) is 0. The summed E-state index contributed by atoms with van der Waals surface area (Å²) in [6.45, 7) is 4.22. The van der Waals surface area contributed by atoms with Crippen molar-refractivity contribution in [3.63, 3.8) is 0 Å². The van der Waals surface area contributed by atoms with Crippen molar-refractivity contribution in [3.8, 4) is 0 Å². The zero-order valence-electron chi connectivity index (χ0n) is 7.74. The van der Waals surface area contributed by atoms with Gasteiger partial charge in [-0.05, 0) is 12.2 Å². The zero-order valence-corrected chi connectivity index (χ0v) is 7.74. The largest absolute Gasteiger partial charge is 0.445 e. The monoisotopic (exact) mass is 179 g/mol. The van der Waals surface area contributed by atoms with E-state index in [1.807, 2.05) is 18.2 Å². The second-order valence-electron chi connectivity index (χ2n) is 3.88. The number of hydrogen-bond donors (Lipinski definition) is 2. The molecule has 2 N–H and O–H groups in total. The lowest BCUT2D eigenvalue weighted by Crippen LogP contribution is -2.22. The Balaban J connectivity index is 2.29. The van der Waals surface area contributed by atoms with Gasteiger partial charge in [-0.3, -0.25) is 0 Å². The molecule has 1 atom stereocenters. The van der Waals surface area contributed by atoms with Crippen molar-refractivity contribution in [2.24, 2.45) is 5.41 Å². The summed E-state index contributed by atoms with van der Waals surface area (Å²) in [4.78, 5) is 0. The fraction of sp³-hybridized carbons (Fsp3) is 0.400. The van der Waals surface area contributed by atoms with Gasteiger partial charge in [0.1, 0.15) is 5.76 Å². The quantitative estimate of drug-likeness (QED) is 0.588. The molecule has 0 fully saturated rings. The number of aliphatic hydroxyl groups excluding tert-OH is 1. The van der Waals surface area contributed by atoms with E-state index in [1.54, 1.807) is 0 Å². The van der Waals surface area contributed by atoms with E-state index in [0.29, 0.717) is 5.76 Å². The summed E-state index contributed by atoms with van der Waals surface area (Å²) >= 11 is 0. The van der Waals surface area contributed by atoms with Crippen LogP contribution >= 0.6 is 0 Å². The molecule has 0 spiro atoms. The van der Waals surface area contributed by atoms with Gasteiger partial charge in [0.25, 0.3) is 6.41 Å². The number of hydrogen-bond acceptors (Lipinski definition) is 3. The van der Waals surface area contributed by atoms with Gasteiger partial charge in [-0.15, -0.1) is 0 Å². The van der Waals surface area contributed by atoms with E-state index in [9.17, 15) is 0 Å². The van der Waals surface area contributed by atoms with Crippen LogP contribution in [-0.4, -0.2) is 11.5 Å². The molecule has 0 bridgehead atoms. The third-order valence-corrected chi connectivity index (χ3v) is 2.13. The second kappa shape index (κ2) is 2.64. The number of ether oxygens (including phenoxy) is 1. The Bertz CT molecular complexity index is 285. The Hall–Kier alpha value is -1.22. The smallest absolute Gasteiger partial charge is 0.279 e. The lowest BCUT2D eigenvalue weighted by Gasteiger charge is -2.13. The molecule has 0 saturated heterocycles. The molecule has 3 nitrogen and oxygen atoms in total. The average Bonchev–Trinajstić information content (AvgIpc) is 2.34. The first-order valence-electron chi connectivity index (χ1n) is 4.31. The molecule has 13 heavy (non-hydrogen) atoms. The average molecular weight is 179 g/mol. The normalized spacial score (nSPS) is 29.3. The fourth-order valence-corrected chi connectivity index (χ4v) is 1.32. The Kier molecular flexibility index (Phi) is 1.70. The minimum absolute atomic E-state index is 0.0420. The zero-order chi connectivity index (χ0) is 9.47. The molecule has 0 saturated carbocycles. The molecular formula is C10H13NO2. The van der Waals surface area contributed by atoms with E-state index in [2.05, 4.69) is 25.2 Å². The third kappa shape index (κ3) is 1.60. The Morgan fingerprint density at radius 3 is 2.85 bits per heavy atom. The maximum absolute atomic E-state index is 9.14. The molecular weight excluding hydrogens is 166 g/mol. The van der Waals surface area contributed by atoms with Crippen LogP contribution in [0.3, 0.4) is 0 Å². The topological polar surface area (TPSA) is 41.5 Å². The minimum Gasteiger partial charge on any atom is -0.445 e. The van der Waals surface area contributed by atoms with Crippen LogP contribution in [0.5, 0.6) is 0 Å². The molecule has 1 heterocycles. The molecule has 0 aromatic heterocycles. The maximum atomic E-state index is 9.14. The van der Waals surface area contributed by atoms with E-state index in [1.165, 1.54) is 0 Å². The first-order chi connectivity index (χ1) is 6.07. The van der Waals surface area contributed by atoms with Gasteiger partial charge < -0.3 is 15.2 Å². The van der Waals surface area contributed by atoms with Crippen molar-refractivity contribution < 1.29 is 9.84 Å². The van der Waals surface area contributed by atoms with Gasteiger partial charge >= 0.3 is 0 Å². The van der Waals surface area contributed by atoms with Crippen LogP contribution in [0.2, 0.25) is 0 Å². The predicted molar refractivity (Wildman–Crippen MR) is 49.3 cm³/mol. The lowest BCUT2D eigenvalue weighted by atomic mass is 9.93. The SMILES string of the molecule is CC1(C)C=CC2=C(C=C1)OC(O)N2. The minimum atomic E-state index is -0.902. The molecule has 0 aromatic rings. The number of allylic oxidation sites excluding steroid dienone is 4. The summed E-state index contributed by atoms with van der Waals surface area (Å²) in [5.74, 6) is 0.703. The summed E-state index contributed by atoms with van der Waals surface area (Å²) in [5.41, 5.74) is 0.884. The molecule has 3 heteroatoms. The van der Waals surface area contributed by atoms with Gasteiger partial charge in [-0.1, -0.05) is 26.0 Å². The van der Waals surface area contributed by atoms with Gasteiger partial charge in [0.2, 0.25) is 0 Å². The second-order valence-corrected chi connectivity index (χ2v) is 3.88. The molecule has 0 amide bonds. The van der Waals surface area contributed by atoms with Crippen molar-refractivity contribution in [1.29, 1.82) is 0 Å². The van der Waals surface area contributed by atoms with Crippen LogP contribution in [0, 0.1) is 5.41 Å². The van der Waals surface area contributed by atoms with Crippen molar-refractivity contribution in [2.75, 3.05) is 0 Å². The van der Waals surface area contributed by atoms with Crippen LogP contribution in [0.4, 0.5) is 0 Å². The van der Waals surface area contributed by atoms with E-state index in [-0.39, 0.29) is 5.41 Å². The number of rotatable bonds is 0. The van der Waals surface area contributed by atoms with Gasteiger partial charge in [-0.25, -0.2) is 0 Å². The van der Waals surface area contributed by atoms with E-state index >= 15 is 0 Å². The highest BCUT2D eigenvalue weighted by molar-refractivity contribution is 5.35. The molecule has 0 radical (unpaired) electrons. The van der Waals surface area contributed by atoms with Gasteiger partial charge in [-0.2, -0.15) is 0 Å². The molecule has 2 aliphatic rings. The van der Waals surface area contributed by atoms with Crippen LogP contribution < -0.4 is 5.32 Å². The molecule has 2 rings (SSSR count). The standard InChI is InChI=1S/C10H13NO2/c1-10(2)5-3-7-8(4-6-10)13-9(12)11-7/h3-6,9,11-12H,1-2H3. The van der Waals surface area contributed by atoms with Crippen molar-refractivity contribution in [2.45, 2.75) is 20.3 Å². The van der Waals surface area contributed by atoms with Gasteiger partial charge in [0.15, 0.2) is 0 Å². The third-order valence-electron chi connectivity index (χ3n) is 2.13. The highest BCUT2D eigenvalue weighted by Gasteiger charge is 2.22. The predicted octanol–water partition coefficient (Wildman–Crippen LogP) is 1.25. The van der Waals surface area contributed by atoms with Crippen LogP contribution in [0.25, 0.3) is 0 Å². The molecule has 1 aliphatic carbocycles. The highest BCUT2D eigenvalue weighted by Crippen LogP contribution is 2.27. The van der Waals surface area contributed by atoms with Gasteiger partial charge in [0.05, 0.1) is 5.70 Å². The Labute approximate surface area is 77.4 Å². The lowest BCUT2D eigenvalue weighted by molar-refractivity contribution is -0.0571. The molecule has 1 unspecified atom stereocenters. The van der Waals surface area contributed by atoms with Crippen LogP contribution in [-0.2, 0) is 4.74 Å². The van der Waals surface area contributed by atoms with E-state index in [4.69, 9.17) is 9.84 Å². The van der Waals surface area contributed by atoms with Crippen molar-refractivity contribution >= 4 is 0 Å². The van der Waals surface area contributed by atoms with Crippen molar-refractivity contribution in [1.82, 2.24) is 5.32 Å². The van der Waals surface area contributed by atoms with E-state index < -0.39 is 6.41 Å². The molecule has 70 valence electrons. The summed E-state index contributed by atoms with van der Waals surface area (Å²) < 4.78 is 5.12. The molecule has 0 aromatic carbocycles. The highest BCUT2D eigenvalue weighted by atomic mass is 16.6. The Morgan fingerprint density at radius 1 is 1.38 bits per heavy atom. The van der Waals surface area contributed by atoms with Gasteiger partial charge in [0, 0.05) is 5.41 Å². The Morgan fingerprint density at radius 2 is 2.08 bits per heavy atom.